The fourth-order valence-electron chi connectivity index (χ4n) is 2.21. The molecule has 0 bridgehead atoms. The van der Waals surface area contributed by atoms with E-state index in [0.29, 0.717) is 0 Å². The number of fused-ring (bicyclic) bond motifs is 1. The molecule has 2 fully saturated rings. The Morgan fingerprint density at radius 3 is 2.21 bits per heavy atom. The molecule has 2 aliphatic rings. The first-order valence-electron chi connectivity index (χ1n) is 5.10. The molecule has 1 N–H and O–H groups in total. The minimum Gasteiger partial charge on any atom is -0.388 e. The SMILES string of the molecule is C[C@@H]1O[C@@H](C)[C@H]2OC(C)(C)O[C@H]2[C@@H]1O. The number of hydrogen-bond acceptors (Lipinski definition) is 4. The summed E-state index contributed by atoms with van der Waals surface area (Å²) < 4.78 is 16.9. The maximum absolute atomic E-state index is 9.87. The summed E-state index contributed by atoms with van der Waals surface area (Å²) in [4.78, 5) is 0. The van der Waals surface area contributed by atoms with E-state index in [0.717, 1.165) is 0 Å². The molecular formula is C10H18O4. The molecule has 82 valence electrons. The van der Waals surface area contributed by atoms with Crippen LogP contribution >= 0.6 is 0 Å². The molecular weight excluding hydrogens is 184 g/mol. The first-order chi connectivity index (χ1) is 6.41. The van der Waals surface area contributed by atoms with Crippen LogP contribution in [0.2, 0.25) is 0 Å². The Hall–Kier alpha value is -0.160. The van der Waals surface area contributed by atoms with Gasteiger partial charge in [-0.15, -0.1) is 0 Å². The van der Waals surface area contributed by atoms with Crippen LogP contribution in [0.5, 0.6) is 0 Å². The van der Waals surface area contributed by atoms with Gasteiger partial charge in [0.2, 0.25) is 0 Å². The third-order valence-electron chi connectivity index (χ3n) is 2.87. The third-order valence-corrected chi connectivity index (χ3v) is 2.87. The van der Waals surface area contributed by atoms with Gasteiger partial charge in [-0.1, -0.05) is 0 Å². The average molecular weight is 202 g/mol. The van der Waals surface area contributed by atoms with Crippen molar-refractivity contribution in [1.29, 1.82) is 0 Å². The van der Waals surface area contributed by atoms with Crippen molar-refractivity contribution in [1.82, 2.24) is 0 Å². The largest absolute Gasteiger partial charge is 0.388 e. The highest BCUT2D eigenvalue weighted by atomic mass is 16.8. The van der Waals surface area contributed by atoms with Crippen LogP contribution in [0, 0.1) is 0 Å². The zero-order valence-corrected chi connectivity index (χ0v) is 9.06. The van der Waals surface area contributed by atoms with E-state index in [9.17, 15) is 5.11 Å². The number of aliphatic hydroxyl groups is 1. The zero-order chi connectivity index (χ0) is 10.5. The molecule has 0 spiro atoms. The van der Waals surface area contributed by atoms with Crippen LogP contribution in [0.15, 0.2) is 0 Å². The lowest BCUT2D eigenvalue weighted by molar-refractivity contribution is -0.175. The molecule has 0 unspecified atom stereocenters. The van der Waals surface area contributed by atoms with Gasteiger partial charge in [-0.3, -0.25) is 0 Å². The van der Waals surface area contributed by atoms with Crippen molar-refractivity contribution in [2.24, 2.45) is 0 Å². The summed E-state index contributed by atoms with van der Waals surface area (Å²) in [5, 5.41) is 9.87. The van der Waals surface area contributed by atoms with E-state index in [1.54, 1.807) is 0 Å². The second-order valence-electron chi connectivity index (χ2n) is 4.60. The van der Waals surface area contributed by atoms with Crippen molar-refractivity contribution < 1.29 is 19.3 Å². The van der Waals surface area contributed by atoms with Gasteiger partial charge in [-0.05, 0) is 27.7 Å². The summed E-state index contributed by atoms with van der Waals surface area (Å²) in [6, 6.07) is 0. The number of rotatable bonds is 0. The van der Waals surface area contributed by atoms with E-state index in [-0.39, 0.29) is 24.4 Å². The van der Waals surface area contributed by atoms with Crippen LogP contribution in [-0.4, -0.2) is 41.4 Å². The van der Waals surface area contributed by atoms with Crippen molar-refractivity contribution in [3.05, 3.63) is 0 Å². The fourth-order valence-corrected chi connectivity index (χ4v) is 2.21. The van der Waals surface area contributed by atoms with Gasteiger partial charge in [0.05, 0.1) is 12.2 Å². The Bertz CT molecular complexity index is 228. The summed E-state index contributed by atoms with van der Waals surface area (Å²) in [7, 11) is 0. The van der Waals surface area contributed by atoms with Crippen LogP contribution in [0.25, 0.3) is 0 Å². The molecule has 0 radical (unpaired) electrons. The Labute approximate surface area is 84.1 Å². The molecule has 2 rings (SSSR count). The van der Waals surface area contributed by atoms with Gasteiger partial charge < -0.3 is 19.3 Å². The van der Waals surface area contributed by atoms with Gasteiger partial charge in [-0.2, -0.15) is 0 Å². The molecule has 0 aliphatic carbocycles. The van der Waals surface area contributed by atoms with Gasteiger partial charge in [-0.25, -0.2) is 0 Å². The van der Waals surface area contributed by atoms with E-state index >= 15 is 0 Å². The molecule has 0 aromatic carbocycles. The van der Waals surface area contributed by atoms with Gasteiger partial charge in [0, 0.05) is 0 Å². The Balaban J connectivity index is 2.18. The third kappa shape index (κ3) is 1.56. The summed E-state index contributed by atoms with van der Waals surface area (Å²) in [5.41, 5.74) is 0. The normalized spacial score (nSPS) is 51.6. The standard InChI is InChI=1S/C10H18O4/c1-5-7(11)9-8(6(2)12-5)13-10(3,4)14-9/h5-9,11H,1-4H3/t5-,6-,7+,8+,9-/m0/s1. The van der Waals surface area contributed by atoms with Crippen LogP contribution in [0.4, 0.5) is 0 Å². The molecule has 2 saturated heterocycles. The number of aliphatic hydroxyl groups excluding tert-OH is 1. The molecule has 2 aliphatic heterocycles. The predicted octanol–water partition coefficient (Wildman–Crippen LogP) is 0.675. The summed E-state index contributed by atoms with van der Waals surface area (Å²) >= 11 is 0. The fraction of sp³-hybridized carbons (Fsp3) is 1.00. The number of ether oxygens (including phenoxy) is 3. The lowest BCUT2D eigenvalue weighted by Crippen LogP contribution is -2.54. The monoisotopic (exact) mass is 202 g/mol. The molecule has 4 heteroatoms. The lowest BCUT2D eigenvalue weighted by atomic mass is 9.97. The van der Waals surface area contributed by atoms with Crippen LogP contribution in [0.1, 0.15) is 27.7 Å². The summed E-state index contributed by atoms with van der Waals surface area (Å²) in [6.07, 6.45) is -1.23. The second-order valence-corrected chi connectivity index (χ2v) is 4.60. The van der Waals surface area contributed by atoms with E-state index in [4.69, 9.17) is 14.2 Å². The molecule has 0 aromatic heterocycles. The van der Waals surface area contributed by atoms with Crippen molar-refractivity contribution in [3.8, 4) is 0 Å². The number of hydrogen-bond donors (Lipinski definition) is 1. The zero-order valence-electron chi connectivity index (χ0n) is 9.06. The average Bonchev–Trinajstić information content (AvgIpc) is 2.38. The first-order valence-corrected chi connectivity index (χ1v) is 5.10. The molecule has 0 aromatic rings. The molecule has 5 atom stereocenters. The minimum absolute atomic E-state index is 0.0276. The molecule has 4 nitrogen and oxygen atoms in total. The van der Waals surface area contributed by atoms with E-state index in [2.05, 4.69) is 0 Å². The van der Waals surface area contributed by atoms with Gasteiger partial charge in [0.25, 0.3) is 0 Å². The van der Waals surface area contributed by atoms with Gasteiger partial charge in [0.15, 0.2) is 5.79 Å². The molecule has 0 amide bonds. The van der Waals surface area contributed by atoms with Crippen molar-refractivity contribution in [2.75, 3.05) is 0 Å². The summed E-state index contributed by atoms with van der Waals surface area (Å²) in [6.45, 7) is 7.52. The van der Waals surface area contributed by atoms with Crippen molar-refractivity contribution in [2.45, 2.75) is 64.0 Å². The van der Waals surface area contributed by atoms with Crippen LogP contribution < -0.4 is 0 Å². The first kappa shape index (κ1) is 10.4. The van der Waals surface area contributed by atoms with Crippen LogP contribution in [-0.2, 0) is 14.2 Å². The summed E-state index contributed by atoms with van der Waals surface area (Å²) in [5.74, 6) is -0.613. The maximum atomic E-state index is 9.87. The molecule has 2 heterocycles. The quantitative estimate of drug-likeness (QED) is 0.627. The Kier molecular flexibility index (Phi) is 2.34. The van der Waals surface area contributed by atoms with Crippen molar-refractivity contribution in [3.63, 3.8) is 0 Å². The van der Waals surface area contributed by atoms with Crippen molar-refractivity contribution >= 4 is 0 Å². The highest BCUT2D eigenvalue weighted by molar-refractivity contribution is 4.95. The van der Waals surface area contributed by atoms with Crippen LogP contribution in [0.3, 0.4) is 0 Å². The maximum Gasteiger partial charge on any atom is 0.164 e. The predicted molar refractivity (Wildman–Crippen MR) is 49.8 cm³/mol. The van der Waals surface area contributed by atoms with Gasteiger partial charge in [0.1, 0.15) is 18.3 Å². The van der Waals surface area contributed by atoms with E-state index in [1.165, 1.54) is 0 Å². The van der Waals surface area contributed by atoms with E-state index in [1.807, 2.05) is 27.7 Å². The smallest absolute Gasteiger partial charge is 0.164 e. The van der Waals surface area contributed by atoms with E-state index < -0.39 is 11.9 Å². The second kappa shape index (κ2) is 3.17. The highest BCUT2D eigenvalue weighted by Gasteiger charge is 2.52. The topological polar surface area (TPSA) is 47.9 Å². The molecule has 0 saturated carbocycles. The molecule has 14 heavy (non-hydrogen) atoms. The van der Waals surface area contributed by atoms with Gasteiger partial charge >= 0.3 is 0 Å². The highest BCUT2D eigenvalue weighted by Crippen LogP contribution is 2.36. The Morgan fingerprint density at radius 1 is 1.00 bits per heavy atom. The minimum atomic E-state index is -0.613. The lowest BCUT2D eigenvalue weighted by Gasteiger charge is -2.37. The Morgan fingerprint density at radius 2 is 1.57 bits per heavy atom.